The Labute approximate surface area is 137 Å². The number of carbonyl (C=O) groups excluding carboxylic acids is 1. The molecule has 1 amide bonds. The summed E-state index contributed by atoms with van der Waals surface area (Å²) in [6.45, 7) is 1.43. The fraction of sp³-hybridized carbons (Fsp3) is 0.0667. The summed E-state index contributed by atoms with van der Waals surface area (Å²) in [7, 11) is 0. The van der Waals surface area contributed by atoms with Gasteiger partial charge in [0.25, 0.3) is 5.69 Å². The third-order valence-electron chi connectivity index (χ3n) is 2.78. The third-order valence-corrected chi connectivity index (χ3v) is 2.98. The van der Waals surface area contributed by atoms with Gasteiger partial charge in [-0.25, -0.2) is 0 Å². The van der Waals surface area contributed by atoms with Crippen molar-refractivity contribution in [2.75, 3.05) is 16.0 Å². The topological polar surface area (TPSA) is 96.3 Å². The van der Waals surface area contributed by atoms with E-state index >= 15 is 0 Å². The number of thiocarbonyl (C=S) groups is 1. The highest BCUT2D eigenvalue weighted by Gasteiger charge is 2.05. The van der Waals surface area contributed by atoms with Crippen LogP contribution in [0.15, 0.2) is 48.5 Å². The lowest BCUT2D eigenvalue weighted by Gasteiger charge is -2.11. The zero-order valence-electron chi connectivity index (χ0n) is 12.2. The molecule has 0 radical (unpaired) electrons. The average molecular weight is 330 g/mol. The van der Waals surface area contributed by atoms with Crippen LogP contribution in [0.3, 0.4) is 0 Å². The van der Waals surface area contributed by atoms with Gasteiger partial charge in [0.2, 0.25) is 5.91 Å². The van der Waals surface area contributed by atoms with E-state index in [1.807, 2.05) is 0 Å². The molecule has 0 unspecified atom stereocenters. The number of nitro groups is 1. The van der Waals surface area contributed by atoms with Gasteiger partial charge in [-0.3, -0.25) is 14.9 Å². The summed E-state index contributed by atoms with van der Waals surface area (Å²) in [5.74, 6) is -0.159. The minimum atomic E-state index is -0.464. The van der Waals surface area contributed by atoms with Crippen molar-refractivity contribution in [3.8, 4) is 0 Å². The van der Waals surface area contributed by atoms with Gasteiger partial charge in [-0.1, -0.05) is 6.07 Å². The van der Waals surface area contributed by atoms with Gasteiger partial charge in [-0.2, -0.15) is 0 Å². The van der Waals surface area contributed by atoms with Crippen LogP contribution in [0.1, 0.15) is 6.92 Å². The second kappa shape index (κ2) is 7.32. The molecule has 2 rings (SSSR count). The predicted octanol–water partition coefficient (Wildman–Crippen LogP) is 3.36. The Bertz CT molecular complexity index is 747. The van der Waals surface area contributed by atoms with Crippen molar-refractivity contribution >= 4 is 46.0 Å². The average Bonchev–Trinajstić information content (AvgIpc) is 2.47. The van der Waals surface area contributed by atoms with Crippen LogP contribution in [0.5, 0.6) is 0 Å². The maximum Gasteiger partial charge on any atom is 0.269 e. The Morgan fingerprint density at radius 3 is 2.13 bits per heavy atom. The second-order valence-corrected chi connectivity index (χ2v) is 5.05. The fourth-order valence-corrected chi connectivity index (χ4v) is 2.07. The molecule has 7 nitrogen and oxygen atoms in total. The van der Waals surface area contributed by atoms with Crippen molar-refractivity contribution in [3.05, 3.63) is 58.6 Å². The minimum absolute atomic E-state index is 0.0115. The molecule has 0 fully saturated rings. The number of nitro benzene ring substituents is 1. The first-order valence-corrected chi connectivity index (χ1v) is 7.05. The molecule has 0 aromatic heterocycles. The molecule has 0 saturated heterocycles. The number of nitrogens with zero attached hydrogens (tertiary/aromatic N) is 1. The lowest BCUT2D eigenvalue weighted by molar-refractivity contribution is -0.384. The van der Waals surface area contributed by atoms with Crippen molar-refractivity contribution < 1.29 is 9.72 Å². The van der Waals surface area contributed by atoms with Crippen LogP contribution in [-0.4, -0.2) is 15.9 Å². The molecule has 0 heterocycles. The van der Waals surface area contributed by atoms with E-state index in [4.69, 9.17) is 12.2 Å². The molecule has 23 heavy (non-hydrogen) atoms. The lowest BCUT2D eigenvalue weighted by atomic mass is 10.2. The molecule has 0 atom stereocenters. The number of rotatable bonds is 4. The SMILES string of the molecule is CC(=O)Nc1cccc(NC(=S)Nc2ccc([N+](=O)[O-])cc2)c1. The molecule has 0 bridgehead atoms. The smallest absolute Gasteiger partial charge is 0.269 e. The molecule has 0 aliphatic rings. The number of non-ortho nitro benzene ring substituents is 1. The van der Waals surface area contributed by atoms with Crippen LogP contribution in [0, 0.1) is 10.1 Å². The number of carbonyl (C=O) groups is 1. The fourth-order valence-electron chi connectivity index (χ4n) is 1.84. The number of amides is 1. The van der Waals surface area contributed by atoms with Gasteiger partial charge in [0.1, 0.15) is 0 Å². The van der Waals surface area contributed by atoms with Crippen molar-refractivity contribution in [1.29, 1.82) is 0 Å². The number of nitrogens with one attached hydrogen (secondary N) is 3. The van der Waals surface area contributed by atoms with Gasteiger partial charge in [0.05, 0.1) is 4.92 Å². The van der Waals surface area contributed by atoms with Crippen molar-refractivity contribution in [2.24, 2.45) is 0 Å². The monoisotopic (exact) mass is 330 g/mol. The zero-order chi connectivity index (χ0) is 16.8. The van der Waals surface area contributed by atoms with E-state index in [2.05, 4.69) is 16.0 Å². The third kappa shape index (κ3) is 5.04. The molecule has 0 spiro atoms. The van der Waals surface area contributed by atoms with Crippen LogP contribution in [0.2, 0.25) is 0 Å². The van der Waals surface area contributed by atoms with Crippen LogP contribution in [-0.2, 0) is 4.79 Å². The molecular weight excluding hydrogens is 316 g/mol. The summed E-state index contributed by atoms with van der Waals surface area (Å²) in [6.07, 6.45) is 0. The summed E-state index contributed by atoms with van der Waals surface area (Å²) < 4.78 is 0. The van der Waals surface area contributed by atoms with Gasteiger partial charge in [0.15, 0.2) is 5.11 Å². The van der Waals surface area contributed by atoms with E-state index in [0.29, 0.717) is 22.2 Å². The summed E-state index contributed by atoms with van der Waals surface area (Å²) in [5.41, 5.74) is 2.00. The normalized spacial score (nSPS) is 9.78. The van der Waals surface area contributed by atoms with Crippen LogP contribution in [0.4, 0.5) is 22.7 Å². The molecule has 0 aliphatic carbocycles. The molecule has 0 saturated carbocycles. The van der Waals surface area contributed by atoms with Gasteiger partial charge >= 0.3 is 0 Å². The molecule has 0 aliphatic heterocycles. The first-order chi connectivity index (χ1) is 10.9. The Hall–Kier alpha value is -3.00. The van der Waals surface area contributed by atoms with E-state index in [0.717, 1.165) is 0 Å². The molecule has 3 N–H and O–H groups in total. The summed E-state index contributed by atoms with van der Waals surface area (Å²) in [5, 5.41) is 19.5. The molecular formula is C15H14N4O3S. The van der Waals surface area contributed by atoms with Gasteiger partial charge in [-0.05, 0) is 42.5 Å². The lowest BCUT2D eigenvalue weighted by Crippen LogP contribution is -2.19. The Morgan fingerprint density at radius 2 is 1.57 bits per heavy atom. The minimum Gasteiger partial charge on any atom is -0.332 e. The Balaban J connectivity index is 1.99. The maximum absolute atomic E-state index is 11.0. The summed E-state index contributed by atoms with van der Waals surface area (Å²) >= 11 is 5.19. The number of hydrogen-bond donors (Lipinski definition) is 3. The molecule has 2 aromatic rings. The molecule has 2 aromatic carbocycles. The first-order valence-electron chi connectivity index (χ1n) is 6.64. The first kappa shape index (κ1) is 16.4. The summed E-state index contributed by atoms with van der Waals surface area (Å²) in [4.78, 5) is 21.2. The number of benzene rings is 2. The van der Waals surface area contributed by atoms with E-state index in [1.54, 1.807) is 36.4 Å². The maximum atomic E-state index is 11.0. The van der Waals surface area contributed by atoms with Gasteiger partial charge in [-0.15, -0.1) is 0 Å². The van der Waals surface area contributed by atoms with Crippen molar-refractivity contribution in [2.45, 2.75) is 6.92 Å². The highest BCUT2D eigenvalue weighted by molar-refractivity contribution is 7.80. The van der Waals surface area contributed by atoms with Crippen molar-refractivity contribution in [3.63, 3.8) is 0 Å². The standard InChI is InChI=1S/C15H14N4O3S/c1-10(20)16-12-3-2-4-13(9-12)18-15(23)17-11-5-7-14(8-6-11)19(21)22/h2-9H,1H3,(H,16,20)(H2,17,18,23). The van der Waals surface area contributed by atoms with E-state index in [9.17, 15) is 14.9 Å². The van der Waals surface area contributed by atoms with Gasteiger partial charge < -0.3 is 16.0 Å². The number of hydrogen-bond acceptors (Lipinski definition) is 4. The Morgan fingerprint density at radius 1 is 1.00 bits per heavy atom. The van der Waals surface area contributed by atoms with E-state index in [-0.39, 0.29) is 11.6 Å². The second-order valence-electron chi connectivity index (χ2n) is 4.65. The molecule has 118 valence electrons. The predicted molar refractivity (Wildman–Crippen MR) is 93.7 cm³/mol. The van der Waals surface area contributed by atoms with Crippen LogP contribution < -0.4 is 16.0 Å². The highest BCUT2D eigenvalue weighted by Crippen LogP contribution is 2.17. The van der Waals surface area contributed by atoms with Crippen LogP contribution >= 0.6 is 12.2 Å². The highest BCUT2D eigenvalue weighted by atomic mass is 32.1. The van der Waals surface area contributed by atoms with Gasteiger partial charge in [0, 0.05) is 36.1 Å². The number of anilines is 3. The molecule has 8 heteroatoms. The zero-order valence-corrected chi connectivity index (χ0v) is 13.0. The van der Waals surface area contributed by atoms with E-state index in [1.165, 1.54) is 19.1 Å². The van der Waals surface area contributed by atoms with Crippen molar-refractivity contribution in [1.82, 2.24) is 0 Å². The largest absolute Gasteiger partial charge is 0.332 e. The van der Waals surface area contributed by atoms with E-state index < -0.39 is 4.92 Å². The summed E-state index contributed by atoms with van der Waals surface area (Å²) in [6, 6.07) is 13.0. The quantitative estimate of drug-likeness (QED) is 0.452. The van der Waals surface area contributed by atoms with Crippen LogP contribution in [0.25, 0.3) is 0 Å². The Kier molecular flexibility index (Phi) is 5.21.